The van der Waals surface area contributed by atoms with Gasteiger partial charge in [0, 0.05) is 0 Å². The molecule has 7 aliphatic rings. The summed E-state index contributed by atoms with van der Waals surface area (Å²) in [5, 5.41) is 0. The predicted molar refractivity (Wildman–Crippen MR) is 60.4 cm³/mol. The van der Waals surface area contributed by atoms with Crippen molar-refractivity contribution in [3.63, 3.8) is 0 Å². The molecule has 7 aliphatic carbocycles. The van der Waals surface area contributed by atoms with Gasteiger partial charge in [0.1, 0.15) is 0 Å². The fourth-order valence-corrected chi connectivity index (χ4v) is 7.32. The zero-order chi connectivity index (χ0) is 9.76. The lowest BCUT2D eigenvalue weighted by atomic mass is 9.19. The molecule has 0 aromatic rings. The number of rotatable bonds is 0. The average Bonchev–Trinajstić information content (AvgIpc) is 2.19. The molecular weight excluding hydrogens is 192 g/mol. The second-order valence-electron chi connectivity index (χ2n) is 7.55. The van der Waals surface area contributed by atoms with Gasteiger partial charge in [-0.25, -0.2) is 0 Å². The molecule has 4 fully saturated rings. The first-order valence-electron chi connectivity index (χ1n) is 7.43. The fraction of sp³-hybridized carbons (Fsp3) is 0.750. The van der Waals surface area contributed by atoms with Gasteiger partial charge < -0.3 is 0 Å². The fourth-order valence-electron chi connectivity index (χ4n) is 7.32. The van der Waals surface area contributed by atoms with Crippen molar-refractivity contribution in [2.75, 3.05) is 0 Å². The second kappa shape index (κ2) is 1.69. The highest BCUT2D eigenvalue weighted by Gasteiger charge is 2.81. The Labute approximate surface area is 95.8 Å². The second-order valence-corrected chi connectivity index (χ2v) is 7.55. The highest BCUT2D eigenvalue weighted by atomic mass is 14.8. The van der Waals surface area contributed by atoms with E-state index in [2.05, 4.69) is 0 Å². The molecule has 8 atom stereocenters. The summed E-state index contributed by atoms with van der Waals surface area (Å²) >= 11 is 0. The van der Waals surface area contributed by atoms with Gasteiger partial charge in [-0.1, -0.05) is 0 Å². The molecule has 0 aliphatic heterocycles. The monoisotopic (exact) mass is 208 g/mol. The Kier molecular flexibility index (Phi) is 0.742. The van der Waals surface area contributed by atoms with E-state index in [9.17, 15) is 0 Å². The van der Waals surface area contributed by atoms with Crippen LogP contribution in [0.5, 0.6) is 0 Å². The Morgan fingerprint density at radius 2 is 1.12 bits per heavy atom. The average molecular weight is 208 g/mol. The summed E-state index contributed by atoms with van der Waals surface area (Å²) in [5.41, 5.74) is 7.60. The summed E-state index contributed by atoms with van der Waals surface area (Å²) in [7, 11) is 0. The van der Waals surface area contributed by atoms with Crippen molar-refractivity contribution in [2.45, 2.75) is 25.7 Å². The van der Waals surface area contributed by atoms with Crippen LogP contribution in [0.2, 0.25) is 0 Å². The first-order chi connectivity index (χ1) is 7.97. The van der Waals surface area contributed by atoms with Crippen molar-refractivity contribution in [3.05, 3.63) is 22.3 Å². The predicted octanol–water partition coefficient (Wildman–Crippen LogP) is 3.16. The van der Waals surface area contributed by atoms with Crippen molar-refractivity contribution in [1.29, 1.82) is 0 Å². The lowest BCUT2D eigenvalue weighted by molar-refractivity contribution is -0.332. The third kappa shape index (κ3) is 0.389. The lowest BCUT2D eigenvalue weighted by Crippen LogP contribution is -2.80. The van der Waals surface area contributed by atoms with Gasteiger partial charge in [0.25, 0.3) is 0 Å². The van der Waals surface area contributed by atoms with E-state index in [1.165, 1.54) is 48.3 Å². The van der Waals surface area contributed by atoms with Gasteiger partial charge in [-0.15, -0.1) is 0 Å². The summed E-state index contributed by atoms with van der Waals surface area (Å²) in [6.45, 7) is 0. The molecule has 80 valence electrons. The third-order valence-corrected chi connectivity index (χ3v) is 7.96. The standard InChI is InChI=1S/C16H16/c1-2-6-5(1)9-10(6)14-13(9)15-11-7-3-4-8(7)12(11)16(14)15/h5-6,9-10,13-16H,1-4H2. The van der Waals surface area contributed by atoms with E-state index in [-0.39, 0.29) is 0 Å². The van der Waals surface area contributed by atoms with Gasteiger partial charge in [-0.3, -0.25) is 0 Å². The van der Waals surface area contributed by atoms with Crippen LogP contribution in [0, 0.1) is 47.3 Å². The maximum atomic E-state index is 1.94. The number of hydrogen-bond acceptors (Lipinski definition) is 0. The van der Waals surface area contributed by atoms with Crippen LogP contribution in [0.15, 0.2) is 22.3 Å². The Morgan fingerprint density at radius 1 is 0.625 bits per heavy atom. The zero-order valence-corrected chi connectivity index (χ0v) is 9.45. The van der Waals surface area contributed by atoms with Crippen LogP contribution in [0.3, 0.4) is 0 Å². The van der Waals surface area contributed by atoms with Gasteiger partial charge in [0.15, 0.2) is 0 Å². The van der Waals surface area contributed by atoms with Crippen molar-refractivity contribution in [3.8, 4) is 0 Å². The van der Waals surface area contributed by atoms with Crippen molar-refractivity contribution in [1.82, 2.24) is 0 Å². The van der Waals surface area contributed by atoms with E-state index in [1.807, 2.05) is 22.3 Å². The van der Waals surface area contributed by atoms with E-state index < -0.39 is 0 Å². The van der Waals surface area contributed by atoms with E-state index >= 15 is 0 Å². The maximum absolute atomic E-state index is 1.94. The Balaban J connectivity index is 1.34. The molecule has 0 radical (unpaired) electrons. The van der Waals surface area contributed by atoms with E-state index in [0.29, 0.717) is 0 Å². The Bertz CT molecular complexity index is 500. The number of allylic oxidation sites excluding steroid dienone is 4. The highest BCUT2D eigenvalue weighted by Crippen LogP contribution is 2.87. The number of fused-ring (bicyclic) bond motifs is 14. The molecule has 0 saturated heterocycles. The molecule has 0 aromatic heterocycles. The Hall–Kier alpha value is -0.520. The summed E-state index contributed by atoms with van der Waals surface area (Å²) < 4.78 is 0. The van der Waals surface area contributed by atoms with Crippen LogP contribution in [0.4, 0.5) is 0 Å². The van der Waals surface area contributed by atoms with Gasteiger partial charge >= 0.3 is 0 Å². The zero-order valence-electron chi connectivity index (χ0n) is 9.45. The van der Waals surface area contributed by atoms with Gasteiger partial charge in [0.2, 0.25) is 0 Å². The largest absolute Gasteiger partial charge is 0.0496 e. The first kappa shape index (κ1) is 7.03. The highest BCUT2D eigenvalue weighted by molar-refractivity contribution is 5.74. The normalized spacial score (nSPS) is 69.0. The molecule has 0 bridgehead atoms. The van der Waals surface area contributed by atoms with Crippen LogP contribution >= 0.6 is 0 Å². The van der Waals surface area contributed by atoms with E-state index in [0.717, 1.165) is 11.8 Å². The van der Waals surface area contributed by atoms with Crippen LogP contribution in [-0.2, 0) is 0 Å². The first-order valence-corrected chi connectivity index (χ1v) is 7.43. The van der Waals surface area contributed by atoms with Crippen LogP contribution in [0.25, 0.3) is 0 Å². The molecular formula is C16H16. The summed E-state index contributed by atoms with van der Waals surface area (Å²) in [5.74, 6) is 9.62. The molecule has 16 heavy (non-hydrogen) atoms. The smallest absolute Gasteiger partial charge is 0.00501 e. The third-order valence-electron chi connectivity index (χ3n) is 7.96. The molecule has 0 spiro atoms. The molecule has 4 saturated carbocycles. The minimum absolute atomic E-state index is 1.13. The van der Waals surface area contributed by atoms with Gasteiger partial charge in [0.05, 0.1) is 0 Å². The van der Waals surface area contributed by atoms with E-state index in [4.69, 9.17) is 0 Å². The quantitative estimate of drug-likeness (QED) is 0.536. The van der Waals surface area contributed by atoms with Crippen LogP contribution < -0.4 is 0 Å². The van der Waals surface area contributed by atoms with Crippen molar-refractivity contribution >= 4 is 0 Å². The molecule has 0 nitrogen and oxygen atoms in total. The SMILES string of the molecule is C1CC2=C1C1=C2C2C1C1C3C4CCC4C3C21. The molecule has 0 heterocycles. The summed E-state index contributed by atoms with van der Waals surface area (Å²) in [6, 6.07) is 0. The van der Waals surface area contributed by atoms with Crippen molar-refractivity contribution in [2.24, 2.45) is 47.3 Å². The minimum atomic E-state index is 1.13. The molecule has 0 aromatic carbocycles. The molecule has 7 rings (SSSR count). The van der Waals surface area contributed by atoms with Gasteiger partial charge in [-0.05, 0) is 95.3 Å². The topological polar surface area (TPSA) is 0 Å². The molecule has 8 unspecified atom stereocenters. The van der Waals surface area contributed by atoms with Crippen molar-refractivity contribution < 1.29 is 0 Å². The summed E-state index contributed by atoms with van der Waals surface area (Å²) in [4.78, 5) is 0. The minimum Gasteiger partial charge on any atom is -0.0496 e. The van der Waals surface area contributed by atoms with Gasteiger partial charge in [-0.2, -0.15) is 0 Å². The molecule has 0 heteroatoms. The van der Waals surface area contributed by atoms with Crippen LogP contribution in [0.1, 0.15) is 25.7 Å². The van der Waals surface area contributed by atoms with Crippen LogP contribution in [-0.4, -0.2) is 0 Å². The van der Waals surface area contributed by atoms with E-state index in [1.54, 1.807) is 12.8 Å². The molecule has 0 amide bonds. The molecule has 0 N–H and O–H groups in total. The maximum Gasteiger partial charge on any atom is -0.00501 e. The number of hydrogen-bond donors (Lipinski definition) is 0. The lowest BCUT2D eigenvalue weighted by Gasteiger charge is -2.85. The Morgan fingerprint density at radius 3 is 1.50 bits per heavy atom. The summed E-state index contributed by atoms with van der Waals surface area (Å²) in [6.07, 6.45) is 6.11.